The van der Waals surface area contributed by atoms with Crippen LogP contribution in [0.5, 0.6) is 5.75 Å². The highest BCUT2D eigenvalue weighted by molar-refractivity contribution is 5.98. The summed E-state index contributed by atoms with van der Waals surface area (Å²) in [6, 6.07) is 5.61. The molecule has 1 aliphatic rings. The number of nitrogens with one attached hydrogen (secondary N) is 1. The molecule has 4 rings (SSSR count). The van der Waals surface area contributed by atoms with Crippen LogP contribution in [0.3, 0.4) is 0 Å². The van der Waals surface area contributed by atoms with Gasteiger partial charge < -0.3 is 20.4 Å². The Balaban J connectivity index is 1.55. The van der Waals surface area contributed by atoms with Crippen LogP contribution >= 0.6 is 0 Å². The Morgan fingerprint density at radius 2 is 1.94 bits per heavy atom. The predicted molar refractivity (Wildman–Crippen MR) is 189 cm³/mol. The maximum absolute atomic E-state index is 13.1. The van der Waals surface area contributed by atoms with Crippen LogP contribution in [0.15, 0.2) is 90.3 Å². The summed E-state index contributed by atoms with van der Waals surface area (Å²) in [6.07, 6.45) is 12.8. The largest absolute Gasteiger partial charge is 0.487 e. The molecule has 1 fully saturated rings. The molecule has 0 radical (unpaired) electrons. The van der Waals surface area contributed by atoms with Gasteiger partial charge in [0.15, 0.2) is 0 Å². The number of alkyl halides is 3. The summed E-state index contributed by atoms with van der Waals surface area (Å²) in [5.74, 6) is 0.867. The van der Waals surface area contributed by atoms with Gasteiger partial charge in [0.1, 0.15) is 24.8 Å². The third-order valence-corrected chi connectivity index (χ3v) is 7.96. The molecule has 3 heterocycles. The van der Waals surface area contributed by atoms with Gasteiger partial charge in [0.25, 0.3) is 6.43 Å². The average Bonchev–Trinajstić information content (AvgIpc) is 3.63. The third kappa shape index (κ3) is 9.49. The standard InChI is InChI=1S/C37H43F3N6O2/c1-24(2)17-30(18-25(3)9-7-6-8-12-38)42-13-16-46-37(41)32(22-43-46)26(4)33-19-29-20-35(48-23-36(39)40)31(21-34(29)44-33)28-10-14-45(15-11-28)27(5)47/h6-9,13,16-17,19-22,28,36,44H,3-4,10-12,14-15,18,23,41H2,1-2,5H3/b8-6-,9-7-,16-13+,42-30?. The fraction of sp³-hybridized carbons (Fsp3) is 0.324. The van der Waals surface area contributed by atoms with Crippen LogP contribution in [-0.2, 0) is 4.79 Å². The number of hydrogen-bond acceptors (Lipinski definition) is 5. The molecule has 1 aliphatic heterocycles. The molecule has 254 valence electrons. The molecule has 1 aromatic carbocycles. The fourth-order valence-electron chi connectivity index (χ4n) is 5.58. The summed E-state index contributed by atoms with van der Waals surface area (Å²) >= 11 is 0. The lowest BCUT2D eigenvalue weighted by atomic mass is 9.88. The molecule has 11 heteroatoms. The van der Waals surface area contributed by atoms with Crippen molar-refractivity contribution in [2.75, 3.05) is 32.1 Å². The minimum atomic E-state index is -2.61. The highest BCUT2D eigenvalue weighted by atomic mass is 19.3. The summed E-state index contributed by atoms with van der Waals surface area (Å²) in [5.41, 5.74) is 12.7. The number of aromatic nitrogens is 3. The van der Waals surface area contributed by atoms with Crippen LogP contribution in [0, 0.1) is 0 Å². The summed E-state index contributed by atoms with van der Waals surface area (Å²) in [6.45, 7) is 13.8. The monoisotopic (exact) mass is 660 g/mol. The highest BCUT2D eigenvalue weighted by Crippen LogP contribution is 2.38. The zero-order valence-electron chi connectivity index (χ0n) is 27.7. The van der Waals surface area contributed by atoms with E-state index in [2.05, 4.69) is 28.2 Å². The van der Waals surface area contributed by atoms with Crippen molar-refractivity contribution >= 4 is 40.1 Å². The van der Waals surface area contributed by atoms with E-state index in [1.165, 1.54) is 10.8 Å². The van der Waals surface area contributed by atoms with E-state index in [1.54, 1.807) is 48.6 Å². The summed E-state index contributed by atoms with van der Waals surface area (Å²) in [5, 5.41) is 5.18. The molecule has 8 nitrogen and oxygen atoms in total. The van der Waals surface area contributed by atoms with Gasteiger partial charge in [-0.15, -0.1) is 0 Å². The van der Waals surface area contributed by atoms with E-state index in [1.807, 2.05) is 38.1 Å². The van der Waals surface area contributed by atoms with E-state index in [0.29, 0.717) is 60.7 Å². The molecule has 2 aromatic heterocycles. The lowest BCUT2D eigenvalue weighted by Crippen LogP contribution is -2.36. The number of nitrogens with zero attached hydrogens (tertiary/aromatic N) is 4. The summed E-state index contributed by atoms with van der Waals surface area (Å²) in [4.78, 5) is 21.6. The van der Waals surface area contributed by atoms with Gasteiger partial charge in [0.2, 0.25) is 5.91 Å². The molecular weight excluding hydrogens is 617 g/mol. The van der Waals surface area contributed by atoms with Crippen LogP contribution < -0.4 is 10.5 Å². The first-order valence-electron chi connectivity index (χ1n) is 15.8. The van der Waals surface area contributed by atoms with Crippen molar-refractivity contribution < 1.29 is 22.7 Å². The van der Waals surface area contributed by atoms with Crippen LogP contribution in [0.2, 0.25) is 0 Å². The van der Waals surface area contributed by atoms with E-state index in [0.717, 1.165) is 33.3 Å². The quantitative estimate of drug-likeness (QED) is 0.134. The number of nitrogens with two attached hydrogens (primary N) is 1. The number of halogens is 3. The maximum atomic E-state index is 13.1. The average molecular weight is 661 g/mol. The number of likely N-dealkylation sites (tertiary alicyclic amines) is 1. The summed E-state index contributed by atoms with van der Waals surface area (Å²) < 4.78 is 45.6. The van der Waals surface area contributed by atoms with Crippen LogP contribution in [0.4, 0.5) is 19.0 Å². The Hall–Kier alpha value is -5.06. The first kappa shape index (κ1) is 35.8. The van der Waals surface area contributed by atoms with Crippen molar-refractivity contribution in [3.63, 3.8) is 0 Å². The molecule has 3 N–H and O–H groups in total. The molecule has 0 spiro atoms. The number of aliphatic imine (C=N–C) groups is 1. The molecular formula is C37H43F3N6O2. The second-order valence-electron chi connectivity index (χ2n) is 11.9. The fourth-order valence-corrected chi connectivity index (χ4v) is 5.58. The number of carbonyl (C=O) groups excluding carboxylic acids is 1. The predicted octanol–water partition coefficient (Wildman–Crippen LogP) is 8.24. The molecule has 0 atom stereocenters. The van der Waals surface area contributed by atoms with Gasteiger partial charge in [0, 0.05) is 72.3 Å². The minimum Gasteiger partial charge on any atom is -0.487 e. The van der Waals surface area contributed by atoms with Crippen molar-refractivity contribution in [2.45, 2.75) is 52.4 Å². The van der Waals surface area contributed by atoms with Gasteiger partial charge in [-0.05, 0) is 68.0 Å². The Morgan fingerprint density at radius 1 is 1.19 bits per heavy atom. The first-order chi connectivity index (χ1) is 23.0. The van der Waals surface area contributed by atoms with E-state index in [-0.39, 0.29) is 11.8 Å². The minimum absolute atomic E-state index is 0.0285. The van der Waals surface area contributed by atoms with Crippen LogP contribution in [-0.4, -0.2) is 64.1 Å². The lowest BCUT2D eigenvalue weighted by Gasteiger charge is -2.32. The number of anilines is 1. The zero-order chi connectivity index (χ0) is 34.8. The number of H-pyrrole nitrogens is 1. The summed E-state index contributed by atoms with van der Waals surface area (Å²) in [7, 11) is 0. The number of rotatable bonds is 14. The number of ether oxygens (including phenoxy) is 1. The van der Waals surface area contributed by atoms with Crippen molar-refractivity contribution in [2.24, 2.45) is 4.99 Å². The van der Waals surface area contributed by atoms with Crippen molar-refractivity contribution in [3.05, 3.63) is 102 Å². The SMILES string of the molecule is C=C(/C=C\C=C/CF)CC(C=C(C)C)=N/C=C/n1ncc(C(=C)c2cc3cc(OCC(F)F)c(C4CCN(C(C)=O)CC4)cc3[nH]2)c1N. The van der Waals surface area contributed by atoms with Crippen LogP contribution in [0.1, 0.15) is 62.8 Å². The van der Waals surface area contributed by atoms with Crippen LogP contribution in [0.25, 0.3) is 22.7 Å². The van der Waals surface area contributed by atoms with Crippen molar-refractivity contribution in [3.8, 4) is 5.75 Å². The van der Waals surface area contributed by atoms with E-state index in [9.17, 15) is 18.0 Å². The van der Waals surface area contributed by atoms with E-state index < -0.39 is 19.7 Å². The number of hydrogen-bond donors (Lipinski definition) is 2. The van der Waals surface area contributed by atoms with Gasteiger partial charge in [-0.25, -0.2) is 17.9 Å². The van der Waals surface area contributed by atoms with Crippen molar-refractivity contribution in [1.82, 2.24) is 19.7 Å². The smallest absolute Gasteiger partial charge is 0.272 e. The number of allylic oxidation sites excluding steroid dienone is 7. The third-order valence-electron chi connectivity index (χ3n) is 7.96. The zero-order valence-corrected chi connectivity index (χ0v) is 27.7. The van der Waals surface area contributed by atoms with Gasteiger partial charge in [-0.1, -0.05) is 43.0 Å². The molecule has 48 heavy (non-hydrogen) atoms. The van der Waals surface area contributed by atoms with E-state index >= 15 is 0 Å². The number of aromatic amines is 1. The van der Waals surface area contributed by atoms with Gasteiger partial charge >= 0.3 is 0 Å². The van der Waals surface area contributed by atoms with Gasteiger partial charge in [-0.3, -0.25) is 9.79 Å². The number of carbonyl (C=O) groups is 1. The van der Waals surface area contributed by atoms with Gasteiger partial charge in [0.05, 0.1) is 6.20 Å². The Bertz CT molecular complexity index is 1780. The van der Waals surface area contributed by atoms with E-state index in [4.69, 9.17) is 10.5 Å². The Morgan fingerprint density at radius 3 is 2.60 bits per heavy atom. The maximum Gasteiger partial charge on any atom is 0.272 e. The lowest BCUT2D eigenvalue weighted by molar-refractivity contribution is -0.129. The number of benzene rings is 1. The molecule has 1 saturated heterocycles. The number of fused-ring (bicyclic) bond motifs is 1. The molecule has 0 aliphatic carbocycles. The molecule has 1 amide bonds. The Kier molecular flexibility index (Phi) is 12.4. The second-order valence-corrected chi connectivity index (χ2v) is 11.9. The topological polar surface area (TPSA) is 102 Å². The van der Waals surface area contributed by atoms with Gasteiger partial charge in [-0.2, -0.15) is 5.10 Å². The normalized spacial score (nSPS) is 14.6. The molecule has 3 aromatic rings. The highest BCUT2D eigenvalue weighted by Gasteiger charge is 2.26. The molecule has 0 saturated carbocycles. The number of piperidine rings is 1. The molecule has 0 bridgehead atoms. The van der Waals surface area contributed by atoms with Crippen molar-refractivity contribution in [1.29, 1.82) is 0 Å². The molecule has 0 unspecified atom stereocenters. The second kappa shape index (κ2) is 16.7. The Labute approximate surface area is 279 Å². The number of nitrogen functional groups attached to an aromatic ring is 1. The number of amides is 1. The first-order valence-corrected chi connectivity index (χ1v) is 15.8.